The Bertz CT molecular complexity index is 742. The molecule has 1 aliphatic carbocycles. The van der Waals surface area contributed by atoms with Crippen LogP contribution in [0.3, 0.4) is 0 Å². The van der Waals surface area contributed by atoms with Gasteiger partial charge in [0, 0.05) is 6.20 Å². The van der Waals surface area contributed by atoms with E-state index >= 15 is 0 Å². The lowest BCUT2D eigenvalue weighted by Gasteiger charge is -2.16. The van der Waals surface area contributed by atoms with Crippen LogP contribution in [-0.4, -0.2) is 25.5 Å². The van der Waals surface area contributed by atoms with E-state index in [0.29, 0.717) is 17.0 Å². The molecule has 6 heteroatoms. The van der Waals surface area contributed by atoms with Crippen LogP contribution in [-0.2, 0) is 10.2 Å². The van der Waals surface area contributed by atoms with Crippen molar-refractivity contribution in [1.29, 1.82) is 0 Å². The fourth-order valence-electron chi connectivity index (χ4n) is 2.68. The molecular weight excluding hydrogens is 279 g/mol. The number of nitrogens with zero attached hydrogens (tertiary/aromatic N) is 1. The fourth-order valence-corrected chi connectivity index (χ4v) is 2.68. The summed E-state index contributed by atoms with van der Waals surface area (Å²) in [7, 11) is 5.60. The van der Waals surface area contributed by atoms with Gasteiger partial charge < -0.3 is 14.8 Å². The van der Waals surface area contributed by atoms with Crippen molar-refractivity contribution in [3.63, 3.8) is 0 Å². The van der Waals surface area contributed by atoms with Gasteiger partial charge in [0.05, 0.1) is 5.41 Å². The van der Waals surface area contributed by atoms with Gasteiger partial charge in [0.15, 0.2) is 11.5 Å². The van der Waals surface area contributed by atoms with Crippen molar-refractivity contribution in [3.8, 4) is 11.5 Å². The van der Waals surface area contributed by atoms with Gasteiger partial charge in [-0.2, -0.15) is 0 Å². The predicted molar refractivity (Wildman–Crippen MR) is 81.7 cm³/mol. The monoisotopic (exact) mass is 292 g/mol. The van der Waals surface area contributed by atoms with Gasteiger partial charge in [0.25, 0.3) is 0 Å². The summed E-state index contributed by atoms with van der Waals surface area (Å²) >= 11 is 0. The Balaban J connectivity index is 1.58. The molecule has 2 radical (unpaired) electrons. The van der Waals surface area contributed by atoms with Gasteiger partial charge in [-0.05, 0) is 36.6 Å². The number of benzene rings is 1. The van der Waals surface area contributed by atoms with Crippen LogP contribution >= 0.6 is 0 Å². The Morgan fingerprint density at radius 1 is 1.18 bits per heavy atom. The van der Waals surface area contributed by atoms with Gasteiger partial charge in [-0.1, -0.05) is 17.6 Å². The normalized spacial score (nSPS) is 17.1. The number of aromatic nitrogens is 1. The van der Waals surface area contributed by atoms with Crippen molar-refractivity contribution >= 4 is 25.0 Å². The van der Waals surface area contributed by atoms with Gasteiger partial charge >= 0.3 is 0 Å². The molecule has 1 saturated carbocycles. The van der Waals surface area contributed by atoms with Crippen LogP contribution < -0.4 is 20.3 Å². The maximum atomic E-state index is 12.6. The third-order valence-electron chi connectivity index (χ3n) is 4.14. The van der Waals surface area contributed by atoms with E-state index in [1.54, 1.807) is 12.1 Å². The average Bonchev–Trinajstić information content (AvgIpc) is 3.21. The van der Waals surface area contributed by atoms with Crippen molar-refractivity contribution < 1.29 is 14.3 Å². The van der Waals surface area contributed by atoms with E-state index in [9.17, 15) is 4.79 Å². The second-order valence-corrected chi connectivity index (χ2v) is 5.58. The Morgan fingerprint density at radius 2 is 2.00 bits per heavy atom. The minimum absolute atomic E-state index is 0.0522. The molecule has 0 bridgehead atoms. The number of hydrogen-bond acceptors (Lipinski definition) is 4. The van der Waals surface area contributed by atoms with Gasteiger partial charge in [-0.3, -0.25) is 4.79 Å². The molecule has 5 nitrogen and oxygen atoms in total. The molecule has 2 aromatic rings. The molecule has 0 saturated heterocycles. The molecule has 1 aliphatic heterocycles. The minimum atomic E-state index is -0.496. The van der Waals surface area contributed by atoms with E-state index in [1.165, 1.54) is 6.20 Å². The third kappa shape index (κ3) is 2.11. The zero-order valence-corrected chi connectivity index (χ0v) is 11.8. The van der Waals surface area contributed by atoms with Crippen LogP contribution in [0, 0.1) is 0 Å². The van der Waals surface area contributed by atoms with E-state index in [2.05, 4.69) is 10.3 Å². The van der Waals surface area contributed by atoms with Crippen molar-refractivity contribution in [3.05, 3.63) is 42.1 Å². The van der Waals surface area contributed by atoms with Crippen molar-refractivity contribution in [2.45, 2.75) is 18.3 Å². The zero-order valence-electron chi connectivity index (χ0n) is 11.8. The first kappa shape index (κ1) is 13.2. The fraction of sp³-hybridized carbons (Fsp3) is 0.250. The SMILES string of the molecule is [B]c1ccc(NC(=O)C2(c3ccc4c(c3)OCO4)CC2)nc1. The Morgan fingerprint density at radius 3 is 2.73 bits per heavy atom. The number of fused-ring (bicyclic) bond motifs is 1. The molecule has 0 spiro atoms. The van der Waals surface area contributed by atoms with Gasteiger partial charge in [0.2, 0.25) is 12.7 Å². The summed E-state index contributed by atoms with van der Waals surface area (Å²) in [6.45, 7) is 0.230. The average molecular weight is 292 g/mol. The summed E-state index contributed by atoms with van der Waals surface area (Å²) in [5.41, 5.74) is 1.02. The van der Waals surface area contributed by atoms with Crippen LogP contribution in [0.4, 0.5) is 5.82 Å². The topological polar surface area (TPSA) is 60.5 Å². The number of rotatable bonds is 3. The van der Waals surface area contributed by atoms with Crippen LogP contribution in [0.1, 0.15) is 18.4 Å². The Labute approximate surface area is 129 Å². The number of carbonyl (C=O) groups is 1. The van der Waals surface area contributed by atoms with Crippen LogP contribution in [0.2, 0.25) is 0 Å². The van der Waals surface area contributed by atoms with E-state index in [1.807, 2.05) is 18.2 Å². The molecule has 4 rings (SSSR count). The second-order valence-electron chi connectivity index (χ2n) is 5.58. The summed E-state index contributed by atoms with van der Waals surface area (Å²) in [4.78, 5) is 16.7. The molecule has 0 atom stereocenters. The molecule has 22 heavy (non-hydrogen) atoms. The van der Waals surface area contributed by atoms with Crippen LogP contribution in [0.25, 0.3) is 0 Å². The van der Waals surface area contributed by atoms with Gasteiger partial charge in [-0.15, -0.1) is 0 Å². The Hall–Kier alpha value is -2.50. The van der Waals surface area contributed by atoms with E-state index in [0.717, 1.165) is 24.2 Å². The molecule has 1 aromatic carbocycles. The highest BCUT2D eigenvalue weighted by Gasteiger charge is 2.51. The Kier molecular flexibility index (Phi) is 2.85. The third-order valence-corrected chi connectivity index (χ3v) is 4.14. The van der Waals surface area contributed by atoms with E-state index in [-0.39, 0.29) is 12.7 Å². The molecule has 0 unspecified atom stereocenters. The number of anilines is 1. The molecular formula is C16H13BN2O3. The van der Waals surface area contributed by atoms with Crippen LogP contribution in [0.15, 0.2) is 36.5 Å². The van der Waals surface area contributed by atoms with E-state index in [4.69, 9.17) is 17.3 Å². The molecule has 1 amide bonds. The van der Waals surface area contributed by atoms with Crippen molar-refractivity contribution in [2.24, 2.45) is 0 Å². The number of pyridine rings is 1. The molecule has 108 valence electrons. The molecule has 1 N–H and O–H groups in total. The highest BCUT2D eigenvalue weighted by atomic mass is 16.7. The largest absolute Gasteiger partial charge is 0.454 e. The van der Waals surface area contributed by atoms with Crippen molar-refractivity contribution in [2.75, 3.05) is 12.1 Å². The second kappa shape index (κ2) is 4.76. The lowest BCUT2D eigenvalue weighted by molar-refractivity contribution is -0.118. The van der Waals surface area contributed by atoms with Gasteiger partial charge in [-0.25, -0.2) is 4.98 Å². The highest BCUT2D eigenvalue weighted by molar-refractivity contribution is 6.32. The first-order valence-corrected chi connectivity index (χ1v) is 7.10. The molecule has 2 aliphatic rings. The smallest absolute Gasteiger partial charge is 0.236 e. The summed E-state index contributed by atoms with van der Waals surface area (Å²) in [6, 6.07) is 9.08. The molecule has 2 heterocycles. The number of hydrogen-bond donors (Lipinski definition) is 1. The zero-order chi connectivity index (χ0) is 15.2. The minimum Gasteiger partial charge on any atom is -0.454 e. The lowest BCUT2D eigenvalue weighted by Crippen LogP contribution is -2.28. The quantitative estimate of drug-likeness (QED) is 0.866. The number of nitrogens with one attached hydrogen (secondary N) is 1. The standard InChI is InChI=1S/C16H13BN2O3/c17-11-2-4-14(18-8-11)19-15(20)16(5-6-16)10-1-3-12-13(7-10)22-9-21-12/h1-4,7-8H,5-6,9H2,(H,18,19,20). The number of carbonyl (C=O) groups excluding carboxylic acids is 1. The maximum absolute atomic E-state index is 12.6. The van der Waals surface area contributed by atoms with Crippen LogP contribution in [0.5, 0.6) is 11.5 Å². The first-order valence-electron chi connectivity index (χ1n) is 7.10. The van der Waals surface area contributed by atoms with E-state index < -0.39 is 5.41 Å². The van der Waals surface area contributed by atoms with Crippen molar-refractivity contribution in [1.82, 2.24) is 4.98 Å². The summed E-state index contributed by atoms with van der Waals surface area (Å²) < 4.78 is 10.7. The number of ether oxygens (including phenoxy) is 2. The predicted octanol–water partition coefficient (Wildman–Crippen LogP) is 1.27. The first-order chi connectivity index (χ1) is 10.7. The summed E-state index contributed by atoms with van der Waals surface area (Å²) in [6.07, 6.45) is 3.15. The lowest BCUT2D eigenvalue weighted by atomic mass is 9.94. The number of amides is 1. The summed E-state index contributed by atoms with van der Waals surface area (Å²) in [5, 5.41) is 2.86. The summed E-state index contributed by atoms with van der Waals surface area (Å²) in [5.74, 6) is 1.87. The van der Waals surface area contributed by atoms with Gasteiger partial charge in [0.1, 0.15) is 13.7 Å². The molecule has 1 aromatic heterocycles. The molecule has 1 fully saturated rings. The highest BCUT2D eigenvalue weighted by Crippen LogP contribution is 2.51. The maximum Gasteiger partial charge on any atom is 0.236 e.